The molecule has 4 nitrogen and oxygen atoms in total. The SMILES string of the molecule is CCC(CO)NC(=O)NC(c1ccccc1Cl)C(C)C. The zero-order valence-electron chi connectivity index (χ0n) is 12.2. The van der Waals surface area contributed by atoms with E-state index in [1.54, 1.807) is 0 Å². The normalized spacial score (nSPS) is 13.9. The van der Waals surface area contributed by atoms with E-state index >= 15 is 0 Å². The van der Waals surface area contributed by atoms with Gasteiger partial charge in [0.25, 0.3) is 0 Å². The van der Waals surface area contributed by atoms with Gasteiger partial charge in [-0.3, -0.25) is 0 Å². The van der Waals surface area contributed by atoms with E-state index in [9.17, 15) is 4.79 Å². The number of aliphatic hydroxyl groups excluding tert-OH is 1. The fourth-order valence-corrected chi connectivity index (χ4v) is 2.23. The van der Waals surface area contributed by atoms with Crippen LogP contribution in [-0.4, -0.2) is 23.8 Å². The van der Waals surface area contributed by atoms with Crippen molar-refractivity contribution in [1.82, 2.24) is 10.6 Å². The molecule has 2 unspecified atom stereocenters. The van der Waals surface area contributed by atoms with Gasteiger partial charge in [-0.2, -0.15) is 0 Å². The molecule has 0 fully saturated rings. The van der Waals surface area contributed by atoms with Crippen molar-refractivity contribution in [3.8, 4) is 0 Å². The molecule has 0 radical (unpaired) electrons. The number of hydrogen-bond donors (Lipinski definition) is 3. The van der Waals surface area contributed by atoms with Crippen molar-refractivity contribution < 1.29 is 9.90 Å². The van der Waals surface area contributed by atoms with E-state index in [1.165, 1.54) is 0 Å². The fourth-order valence-electron chi connectivity index (χ4n) is 1.98. The molecular formula is C15H23ClN2O2. The molecule has 0 saturated heterocycles. The lowest BCUT2D eigenvalue weighted by molar-refractivity contribution is 0.209. The van der Waals surface area contributed by atoms with Crippen LogP contribution in [0.3, 0.4) is 0 Å². The summed E-state index contributed by atoms with van der Waals surface area (Å²) in [6, 6.07) is 6.81. The predicted octanol–water partition coefficient (Wildman–Crippen LogP) is 3.11. The van der Waals surface area contributed by atoms with E-state index in [0.29, 0.717) is 11.4 Å². The number of carbonyl (C=O) groups excluding carboxylic acids is 1. The van der Waals surface area contributed by atoms with Crippen molar-refractivity contribution in [2.24, 2.45) is 5.92 Å². The van der Waals surface area contributed by atoms with Crippen molar-refractivity contribution >= 4 is 17.6 Å². The molecule has 0 aromatic heterocycles. The summed E-state index contributed by atoms with van der Waals surface area (Å²) < 4.78 is 0. The van der Waals surface area contributed by atoms with Crippen LogP contribution >= 0.6 is 11.6 Å². The highest BCUT2D eigenvalue weighted by atomic mass is 35.5. The minimum Gasteiger partial charge on any atom is -0.394 e. The molecule has 0 aliphatic heterocycles. The second kappa shape index (κ2) is 8.12. The third kappa shape index (κ3) is 4.69. The van der Waals surface area contributed by atoms with Crippen LogP contribution in [0.2, 0.25) is 5.02 Å². The molecule has 3 N–H and O–H groups in total. The largest absolute Gasteiger partial charge is 0.394 e. The summed E-state index contributed by atoms with van der Waals surface area (Å²) in [5.74, 6) is 0.204. The minimum atomic E-state index is -0.287. The van der Waals surface area contributed by atoms with Crippen LogP contribution in [0.25, 0.3) is 0 Å². The Hall–Kier alpha value is -1.26. The zero-order chi connectivity index (χ0) is 15.1. The number of halogens is 1. The molecule has 0 aliphatic rings. The molecule has 0 heterocycles. The monoisotopic (exact) mass is 298 g/mol. The number of nitrogens with one attached hydrogen (secondary N) is 2. The van der Waals surface area contributed by atoms with Crippen molar-refractivity contribution in [3.05, 3.63) is 34.9 Å². The first-order valence-electron chi connectivity index (χ1n) is 6.91. The molecule has 1 rings (SSSR count). The molecule has 0 saturated carbocycles. The second-order valence-electron chi connectivity index (χ2n) is 5.15. The molecule has 0 bridgehead atoms. The maximum absolute atomic E-state index is 12.0. The summed E-state index contributed by atoms with van der Waals surface area (Å²) in [6.07, 6.45) is 0.683. The Labute approximate surface area is 125 Å². The number of aliphatic hydroxyl groups is 1. The minimum absolute atomic E-state index is 0.0671. The van der Waals surface area contributed by atoms with Crippen LogP contribution in [0.15, 0.2) is 24.3 Å². The Morgan fingerprint density at radius 2 is 1.95 bits per heavy atom. The van der Waals surface area contributed by atoms with Gasteiger partial charge in [-0.05, 0) is 24.0 Å². The average Bonchev–Trinajstić information content (AvgIpc) is 2.43. The molecule has 0 spiro atoms. The van der Waals surface area contributed by atoms with Crippen LogP contribution in [0.5, 0.6) is 0 Å². The number of benzene rings is 1. The third-order valence-electron chi connectivity index (χ3n) is 3.24. The van der Waals surface area contributed by atoms with Crippen LogP contribution < -0.4 is 10.6 Å². The van der Waals surface area contributed by atoms with Gasteiger partial charge < -0.3 is 15.7 Å². The highest BCUT2D eigenvalue weighted by molar-refractivity contribution is 6.31. The van der Waals surface area contributed by atoms with Crippen LogP contribution in [0.4, 0.5) is 4.79 Å². The maximum Gasteiger partial charge on any atom is 0.315 e. The van der Waals surface area contributed by atoms with Gasteiger partial charge >= 0.3 is 6.03 Å². The molecule has 2 atom stereocenters. The number of amides is 2. The summed E-state index contributed by atoms with van der Waals surface area (Å²) in [6.45, 7) is 5.90. The van der Waals surface area contributed by atoms with E-state index < -0.39 is 0 Å². The van der Waals surface area contributed by atoms with E-state index in [1.807, 2.05) is 45.0 Å². The van der Waals surface area contributed by atoms with E-state index in [0.717, 1.165) is 5.56 Å². The van der Waals surface area contributed by atoms with Crippen LogP contribution in [-0.2, 0) is 0 Å². The van der Waals surface area contributed by atoms with Gasteiger partial charge in [0.1, 0.15) is 0 Å². The van der Waals surface area contributed by atoms with Crippen molar-refractivity contribution in [1.29, 1.82) is 0 Å². The van der Waals surface area contributed by atoms with Gasteiger partial charge in [0.05, 0.1) is 18.7 Å². The van der Waals surface area contributed by atoms with Gasteiger partial charge in [0, 0.05) is 5.02 Å². The highest BCUT2D eigenvalue weighted by Gasteiger charge is 2.21. The summed E-state index contributed by atoms with van der Waals surface area (Å²) in [5.41, 5.74) is 0.899. The molecule has 1 aromatic carbocycles. The molecule has 20 heavy (non-hydrogen) atoms. The smallest absolute Gasteiger partial charge is 0.315 e. The van der Waals surface area contributed by atoms with Crippen LogP contribution in [0, 0.1) is 5.92 Å². The molecule has 1 aromatic rings. The van der Waals surface area contributed by atoms with Crippen molar-refractivity contribution in [3.63, 3.8) is 0 Å². The molecule has 112 valence electrons. The Balaban J connectivity index is 2.79. The van der Waals surface area contributed by atoms with Gasteiger partial charge in [-0.25, -0.2) is 4.79 Å². The number of rotatable bonds is 6. The summed E-state index contributed by atoms with van der Waals surface area (Å²) >= 11 is 6.20. The maximum atomic E-state index is 12.0. The topological polar surface area (TPSA) is 61.4 Å². The van der Waals surface area contributed by atoms with E-state index in [2.05, 4.69) is 10.6 Å². The molecule has 0 aliphatic carbocycles. The van der Waals surface area contributed by atoms with Gasteiger partial charge in [-0.15, -0.1) is 0 Å². The van der Waals surface area contributed by atoms with Gasteiger partial charge in [-0.1, -0.05) is 50.6 Å². The van der Waals surface area contributed by atoms with Crippen molar-refractivity contribution in [2.75, 3.05) is 6.61 Å². The lowest BCUT2D eigenvalue weighted by Crippen LogP contribution is -2.45. The lowest BCUT2D eigenvalue weighted by atomic mass is 9.96. The lowest BCUT2D eigenvalue weighted by Gasteiger charge is -2.25. The average molecular weight is 299 g/mol. The Bertz CT molecular complexity index is 434. The molecule has 5 heteroatoms. The summed E-state index contributed by atoms with van der Waals surface area (Å²) in [7, 11) is 0. The summed E-state index contributed by atoms with van der Waals surface area (Å²) in [5, 5.41) is 15.4. The second-order valence-corrected chi connectivity index (χ2v) is 5.56. The number of carbonyl (C=O) groups is 1. The van der Waals surface area contributed by atoms with Crippen LogP contribution in [0.1, 0.15) is 38.8 Å². The van der Waals surface area contributed by atoms with E-state index in [4.69, 9.17) is 16.7 Å². The quantitative estimate of drug-likeness (QED) is 0.756. The Kier molecular flexibility index (Phi) is 6.82. The Morgan fingerprint density at radius 3 is 2.45 bits per heavy atom. The Morgan fingerprint density at radius 1 is 1.30 bits per heavy atom. The summed E-state index contributed by atoms with van der Waals surface area (Å²) in [4.78, 5) is 12.0. The number of urea groups is 1. The first-order valence-corrected chi connectivity index (χ1v) is 7.29. The fraction of sp³-hybridized carbons (Fsp3) is 0.533. The predicted molar refractivity (Wildman–Crippen MR) is 81.9 cm³/mol. The standard InChI is InChI=1S/C15H23ClN2O2/c1-4-11(9-19)17-15(20)18-14(10(2)3)12-7-5-6-8-13(12)16/h5-8,10-11,14,19H,4,9H2,1-3H3,(H2,17,18,20). The van der Waals surface area contributed by atoms with Gasteiger partial charge in [0.15, 0.2) is 0 Å². The number of hydrogen-bond acceptors (Lipinski definition) is 2. The first-order chi connectivity index (χ1) is 9.49. The molecular weight excluding hydrogens is 276 g/mol. The highest BCUT2D eigenvalue weighted by Crippen LogP contribution is 2.27. The van der Waals surface area contributed by atoms with E-state index in [-0.39, 0.29) is 30.6 Å². The zero-order valence-corrected chi connectivity index (χ0v) is 12.9. The molecule has 2 amide bonds. The van der Waals surface area contributed by atoms with Gasteiger partial charge in [0.2, 0.25) is 0 Å². The third-order valence-corrected chi connectivity index (χ3v) is 3.59. The first kappa shape index (κ1) is 16.8. The van der Waals surface area contributed by atoms with Crippen molar-refractivity contribution in [2.45, 2.75) is 39.3 Å².